The molecule has 1 aliphatic rings. The Morgan fingerprint density at radius 2 is 2.10 bits per heavy atom. The molecule has 2 rings (SSSR count). The van der Waals surface area contributed by atoms with Crippen LogP contribution in [0.5, 0.6) is 0 Å². The molecule has 0 atom stereocenters. The van der Waals surface area contributed by atoms with Crippen molar-refractivity contribution in [3.05, 3.63) is 12.3 Å². The van der Waals surface area contributed by atoms with Gasteiger partial charge < -0.3 is 15.4 Å². The highest BCUT2D eigenvalue weighted by atomic mass is 16.5. The second-order valence-corrected chi connectivity index (χ2v) is 6.09. The highest BCUT2D eigenvalue weighted by Gasteiger charge is 2.20. The van der Waals surface area contributed by atoms with E-state index >= 15 is 0 Å². The van der Waals surface area contributed by atoms with Gasteiger partial charge in [-0.3, -0.25) is 4.68 Å². The Bertz CT molecular complexity index is 383. The van der Waals surface area contributed by atoms with E-state index in [1.54, 1.807) is 0 Å². The molecule has 0 aliphatic carbocycles. The van der Waals surface area contributed by atoms with Crippen LogP contribution < -0.4 is 5.73 Å². The van der Waals surface area contributed by atoms with Crippen LogP contribution in [0.25, 0.3) is 0 Å². The van der Waals surface area contributed by atoms with Crippen LogP contribution >= 0.6 is 0 Å². The predicted octanol–water partition coefficient (Wildman–Crippen LogP) is 2.16. The third-order valence-corrected chi connectivity index (χ3v) is 3.95. The molecule has 0 radical (unpaired) electrons. The minimum absolute atomic E-state index is 0.505. The molecule has 2 heterocycles. The summed E-state index contributed by atoms with van der Waals surface area (Å²) in [5.41, 5.74) is 5.67. The summed E-state index contributed by atoms with van der Waals surface area (Å²) in [5.74, 6) is 1.35. The molecule has 1 aromatic heterocycles. The number of hydrogen-bond donors (Lipinski definition) is 1. The van der Waals surface area contributed by atoms with E-state index in [9.17, 15) is 0 Å². The topological polar surface area (TPSA) is 56.3 Å². The van der Waals surface area contributed by atoms with Gasteiger partial charge in [-0.25, -0.2) is 0 Å². The molecular weight excluding hydrogens is 252 g/mol. The summed E-state index contributed by atoms with van der Waals surface area (Å²) in [7, 11) is 0. The van der Waals surface area contributed by atoms with Crippen molar-refractivity contribution in [3.63, 3.8) is 0 Å². The fourth-order valence-corrected chi connectivity index (χ4v) is 2.58. The molecule has 2 N–H and O–H groups in total. The zero-order valence-electron chi connectivity index (χ0n) is 12.8. The summed E-state index contributed by atoms with van der Waals surface area (Å²) in [6.07, 6.45) is 5.44. The van der Waals surface area contributed by atoms with Crippen LogP contribution in [-0.4, -0.2) is 47.5 Å². The van der Waals surface area contributed by atoms with Gasteiger partial charge in [0.2, 0.25) is 0 Å². The smallest absolute Gasteiger partial charge is 0.145 e. The van der Waals surface area contributed by atoms with Gasteiger partial charge in [-0.2, -0.15) is 5.10 Å². The maximum Gasteiger partial charge on any atom is 0.145 e. The third-order valence-electron chi connectivity index (χ3n) is 3.95. The molecule has 20 heavy (non-hydrogen) atoms. The zero-order valence-corrected chi connectivity index (χ0v) is 12.8. The van der Waals surface area contributed by atoms with Gasteiger partial charge in [0.05, 0.1) is 12.6 Å². The number of aromatic nitrogens is 2. The maximum absolute atomic E-state index is 5.69. The Morgan fingerprint density at radius 3 is 2.70 bits per heavy atom. The summed E-state index contributed by atoms with van der Waals surface area (Å²) in [4.78, 5) is 2.48. The minimum atomic E-state index is 0.505. The summed E-state index contributed by atoms with van der Waals surface area (Å²) < 4.78 is 7.71. The average molecular weight is 280 g/mol. The highest BCUT2D eigenvalue weighted by Crippen LogP contribution is 2.21. The molecule has 5 heteroatoms. The quantitative estimate of drug-likeness (QED) is 0.778. The Labute approximate surface area is 122 Å². The molecule has 0 saturated carbocycles. The number of nitrogens with zero attached hydrogens (tertiary/aromatic N) is 3. The Hall–Kier alpha value is -1.07. The van der Waals surface area contributed by atoms with E-state index in [0.717, 1.165) is 58.0 Å². The standard InChI is InChI=1S/C15H28N4O/c1-13(2)6-11-20-12-10-18-7-3-14(4-8-18)19-9-5-15(16)17-19/h5,9,13-14H,3-4,6-8,10-12H2,1-2H3,(H2,16,17). The molecule has 0 bridgehead atoms. The van der Waals surface area contributed by atoms with E-state index in [4.69, 9.17) is 10.5 Å². The van der Waals surface area contributed by atoms with Gasteiger partial charge in [0.15, 0.2) is 0 Å². The Morgan fingerprint density at radius 1 is 1.35 bits per heavy atom. The fraction of sp³-hybridized carbons (Fsp3) is 0.800. The van der Waals surface area contributed by atoms with E-state index in [0.29, 0.717) is 11.9 Å². The lowest BCUT2D eigenvalue weighted by molar-refractivity contribution is 0.0825. The predicted molar refractivity (Wildman–Crippen MR) is 81.6 cm³/mol. The van der Waals surface area contributed by atoms with Crippen molar-refractivity contribution in [1.29, 1.82) is 0 Å². The van der Waals surface area contributed by atoms with Crippen molar-refractivity contribution in [2.75, 3.05) is 38.6 Å². The molecule has 0 unspecified atom stereocenters. The Balaban J connectivity index is 1.60. The molecule has 1 saturated heterocycles. The first-order valence-electron chi connectivity index (χ1n) is 7.76. The third kappa shape index (κ3) is 4.80. The number of rotatable bonds is 7. The fourth-order valence-electron chi connectivity index (χ4n) is 2.58. The van der Waals surface area contributed by atoms with Crippen LogP contribution in [0.1, 0.15) is 39.2 Å². The minimum Gasteiger partial charge on any atom is -0.382 e. The van der Waals surface area contributed by atoms with E-state index < -0.39 is 0 Å². The lowest BCUT2D eigenvalue weighted by Crippen LogP contribution is -2.37. The molecule has 5 nitrogen and oxygen atoms in total. The molecule has 114 valence electrons. The lowest BCUT2D eigenvalue weighted by Gasteiger charge is -2.31. The monoisotopic (exact) mass is 280 g/mol. The van der Waals surface area contributed by atoms with Gasteiger partial charge in [0.25, 0.3) is 0 Å². The average Bonchev–Trinajstić information content (AvgIpc) is 2.85. The normalized spacial score (nSPS) is 17.9. The van der Waals surface area contributed by atoms with Crippen molar-refractivity contribution in [3.8, 4) is 0 Å². The number of hydrogen-bond acceptors (Lipinski definition) is 4. The van der Waals surface area contributed by atoms with Gasteiger partial charge in [-0.1, -0.05) is 13.8 Å². The van der Waals surface area contributed by atoms with Crippen molar-refractivity contribution < 1.29 is 4.74 Å². The first-order chi connectivity index (χ1) is 9.65. The summed E-state index contributed by atoms with van der Waals surface area (Å²) in [6.45, 7) is 9.50. The van der Waals surface area contributed by atoms with Crippen LogP contribution in [0, 0.1) is 5.92 Å². The number of nitrogens with two attached hydrogens (primary N) is 1. The van der Waals surface area contributed by atoms with Gasteiger partial charge in [-0.15, -0.1) is 0 Å². The molecular formula is C15H28N4O. The first kappa shape index (κ1) is 15.3. The van der Waals surface area contributed by atoms with E-state index in [1.807, 2.05) is 16.9 Å². The van der Waals surface area contributed by atoms with Crippen molar-refractivity contribution in [2.45, 2.75) is 39.2 Å². The van der Waals surface area contributed by atoms with Crippen LogP contribution in [-0.2, 0) is 4.74 Å². The summed E-state index contributed by atoms with van der Waals surface area (Å²) in [5, 5.41) is 4.31. The maximum atomic E-state index is 5.69. The number of piperidine rings is 1. The second-order valence-electron chi connectivity index (χ2n) is 6.09. The molecule has 0 aromatic carbocycles. The van der Waals surface area contributed by atoms with Gasteiger partial charge in [-0.05, 0) is 31.2 Å². The number of nitrogen functional groups attached to an aromatic ring is 1. The molecule has 1 aliphatic heterocycles. The highest BCUT2D eigenvalue weighted by molar-refractivity contribution is 5.24. The Kier molecular flexibility index (Phi) is 5.86. The van der Waals surface area contributed by atoms with Crippen molar-refractivity contribution >= 4 is 5.82 Å². The van der Waals surface area contributed by atoms with Crippen LogP contribution in [0.2, 0.25) is 0 Å². The summed E-state index contributed by atoms with van der Waals surface area (Å²) in [6, 6.07) is 2.37. The van der Waals surface area contributed by atoms with Crippen LogP contribution in [0.15, 0.2) is 12.3 Å². The first-order valence-corrected chi connectivity index (χ1v) is 7.76. The molecule has 1 aromatic rings. The zero-order chi connectivity index (χ0) is 14.4. The summed E-state index contributed by atoms with van der Waals surface area (Å²) >= 11 is 0. The van der Waals surface area contributed by atoms with E-state index in [1.165, 1.54) is 0 Å². The molecule has 0 amide bonds. The van der Waals surface area contributed by atoms with E-state index in [-0.39, 0.29) is 0 Å². The SMILES string of the molecule is CC(C)CCOCCN1CCC(n2ccc(N)n2)CC1. The molecule has 1 fully saturated rings. The van der Waals surface area contributed by atoms with Gasteiger partial charge in [0, 0.05) is 32.4 Å². The largest absolute Gasteiger partial charge is 0.382 e. The van der Waals surface area contributed by atoms with Crippen LogP contribution in [0.4, 0.5) is 5.82 Å². The second kappa shape index (κ2) is 7.64. The number of anilines is 1. The molecule has 0 spiro atoms. The number of likely N-dealkylation sites (tertiary alicyclic amines) is 1. The number of ether oxygens (including phenoxy) is 1. The van der Waals surface area contributed by atoms with Crippen molar-refractivity contribution in [1.82, 2.24) is 14.7 Å². The van der Waals surface area contributed by atoms with Gasteiger partial charge in [0.1, 0.15) is 5.82 Å². The van der Waals surface area contributed by atoms with Crippen LogP contribution in [0.3, 0.4) is 0 Å². The lowest BCUT2D eigenvalue weighted by atomic mass is 10.1. The van der Waals surface area contributed by atoms with Crippen molar-refractivity contribution in [2.24, 2.45) is 5.92 Å². The van der Waals surface area contributed by atoms with Gasteiger partial charge >= 0.3 is 0 Å². The van der Waals surface area contributed by atoms with E-state index in [2.05, 4.69) is 23.8 Å².